The Morgan fingerprint density at radius 2 is 1.82 bits per heavy atom. The molecule has 0 saturated carbocycles. The molecule has 0 aliphatic carbocycles. The van der Waals surface area contributed by atoms with Gasteiger partial charge in [0, 0.05) is 30.3 Å². The van der Waals surface area contributed by atoms with E-state index in [2.05, 4.69) is 25.4 Å². The first-order valence-corrected chi connectivity index (χ1v) is 12.4. The number of nitrogens with zero attached hydrogens (tertiary/aromatic N) is 5. The molecule has 176 valence electrons. The minimum absolute atomic E-state index is 0.164. The van der Waals surface area contributed by atoms with Crippen LogP contribution in [0.25, 0.3) is 22.4 Å². The van der Waals surface area contributed by atoms with Crippen LogP contribution in [0.1, 0.15) is 12.8 Å². The van der Waals surface area contributed by atoms with Gasteiger partial charge in [-0.05, 0) is 36.6 Å². The number of aromatic nitrogens is 2. The molecule has 3 N–H and O–H groups in total. The van der Waals surface area contributed by atoms with Gasteiger partial charge in [-0.1, -0.05) is 24.3 Å². The van der Waals surface area contributed by atoms with E-state index in [0.29, 0.717) is 49.4 Å². The molecule has 1 aromatic heterocycles. The number of nitrogens with one attached hydrogen (secondary N) is 1. The van der Waals surface area contributed by atoms with E-state index in [0.717, 1.165) is 0 Å². The predicted octanol–water partition coefficient (Wildman–Crippen LogP) is 2.49. The summed E-state index contributed by atoms with van der Waals surface area (Å²) >= 11 is 0. The highest BCUT2D eigenvalue weighted by Crippen LogP contribution is 2.33. The lowest BCUT2D eigenvalue weighted by atomic mass is 10.0. The largest absolute Gasteiger partial charge is 0.382 e. The number of hydrogen-bond donors (Lipinski definition) is 2. The zero-order chi connectivity index (χ0) is 23.7. The quantitative estimate of drug-likeness (QED) is 0.575. The van der Waals surface area contributed by atoms with Gasteiger partial charge in [-0.3, -0.25) is 10.4 Å². The fourth-order valence-electron chi connectivity index (χ4n) is 4.35. The Kier molecular flexibility index (Phi) is 5.88. The predicted molar refractivity (Wildman–Crippen MR) is 127 cm³/mol. The van der Waals surface area contributed by atoms with E-state index in [1.807, 2.05) is 0 Å². The Bertz CT molecular complexity index is 1320. The minimum Gasteiger partial charge on any atom is -0.382 e. The summed E-state index contributed by atoms with van der Waals surface area (Å²) < 4.78 is 43.7. The first kappa shape index (κ1) is 22.2. The summed E-state index contributed by atoms with van der Waals surface area (Å²) in [5.74, 6) is -0.278. The molecular weight excluding hydrogens is 457 g/mol. The summed E-state index contributed by atoms with van der Waals surface area (Å²) in [6.45, 7) is 1.47. The van der Waals surface area contributed by atoms with E-state index < -0.39 is 15.8 Å². The lowest BCUT2D eigenvalue weighted by Gasteiger charge is -2.35. The van der Waals surface area contributed by atoms with Gasteiger partial charge in [0.2, 0.25) is 10.0 Å². The average Bonchev–Trinajstić information content (AvgIpc) is 3.40. The maximum atomic E-state index is 15.0. The van der Waals surface area contributed by atoms with Crippen molar-refractivity contribution in [2.24, 2.45) is 5.10 Å². The molecule has 0 atom stereocenters. The zero-order valence-corrected chi connectivity index (χ0v) is 19.1. The highest BCUT2D eigenvalue weighted by atomic mass is 32.2. The van der Waals surface area contributed by atoms with Gasteiger partial charge in [-0.2, -0.15) is 9.41 Å². The van der Waals surface area contributed by atoms with Crippen LogP contribution in [0.5, 0.6) is 0 Å². The first-order valence-electron chi connectivity index (χ1n) is 10.9. The van der Waals surface area contributed by atoms with Crippen molar-refractivity contribution < 1.29 is 12.8 Å². The SMILES string of the molecule is Nc1cnc(-c2ccc(-c3ccccc3S(=O)(=O)N3CCC(N4C=NNC4)CC3)cc2F)cn1. The maximum Gasteiger partial charge on any atom is 0.243 e. The van der Waals surface area contributed by atoms with Gasteiger partial charge in [0.25, 0.3) is 0 Å². The van der Waals surface area contributed by atoms with Crippen molar-refractivity contribution in [1.82, 2.24) is 24.6 Å². The number of benzene rings is 2. The van der Waals surface area contributed by atoms with E-state index in [1.54, 1.807) is 42.7 Å². The lowest BCUT2D eigenvalue weighted by molar-refractivity contribution is 0.216. The Morgan fingerprint density at radius 1 is 1.03 bits per heavy atom. The van der Waals surface area contributed by atoms with Gasteiger partial charge >= 0.3 is 0 Å². The first-order chi connectivity index (χ1) is 16.4. The molecule has 5 rings (SSSR count). The Balaban J connectivity index is 1.41. The van der Waals surface area contributed by atoms with Crippen LogP contribution in [0.15, 0.2) is 64.9 Å². The van der Waals surface area contributed by atoms with Crippen LogP contribution in [0.2, 0.25) is 0 Å². The monoisotopic (exact) mass is 481 g/mol. The molecule has 3 aromatic rings. The van der Waals surface area contributed by atoms with Crippen LogP contribution < -0.4 is 11.2 Å². The second-order valence-electron chi connectivity index (χ2n) is 8.23. The number of sulfonamides is 1. The summed E-state index contributed by atoms with van der Waals surface area (Å²) in [4.78, 5) is 10.3. The van der Waals surface area contributed by atoms with E-state index >= 15 is 4.39 Å². The number of nitrogens with two attached hydrogens (primary N) is 1. The van der Waals surface area contributed by atoms with Crippen LogP contribution in [0.4, 0.5) is 10.2 Å². The van der Waals surface area contributed by atoms with Crippen molar-refractivity contribution in [3.63, 3.8) is 0 Å². The van der Waals surface area contributed by atoms with E-state index in [9.17, 15) is 8.42 Å². The number of halogens is 1. The Morgan fingerprint density at radius 3 is 2.50 bits per heavy atom. The van der Waals surface area contributed by atoms with Crippen LogP contribution in [-0.2, 0) is 10.0 Å². The number of anilines is 1. The van der Waals surface area contributed by atoms with Crippen molar-refractivity contribution >= 4 is 22.2 Å². The van der Waals surface area contributed by atoms with Crippen LogP contribution in [-0.4, -0.2) is 59.7 Å². The van der Waals surface area contributed by atoms with E-state index in [1.165, 1.54) is 22.8 Å². The summed E-state index contributed by atoms with van der Waals surface area (Å²) in [6, 6.07) is 11.5. The fourth-order valence-corrected chi connectivity index (χ4v) is 6.04. The topological polar surface area (TPSA) is 117 Å². The van der Waals surface area contributed by atoms with Crippen molar-refractivity contribution in [1.29, 1.82) is 0 Å². The number of hydrazone groups is 1. The van der Waals surface area contributed by atoms with Crippen molar-refractivity contribution in [2.45, 2.75) is 23.8 Å². The van der Waals surface area contributed by atoms with Gasteiger partial charge in [0.15, 0.2) is 0 Å². The van der Waals surface area contributed by atoms with Gasteiger partial charge in [-0.15, -0.1) is 0 Å². The smallest absolute Gasteiger partial charge is 0.243 e. The Labute approximate surface area is 197 Å². The number of nitrogen functional groups attached to an aromatic ring is 1. The van der Waals surface area contributed by atoms with E-state index in [4.69, 9.17) is 5.73 Å². The molecule has 0 radical (unpaired) electrons. The van der Waals surface area contributed by atoms with Gasteiger partial charge in [-0.25, -0.2) is 17.8 Å². The molecule has 1 saturated heterocycles. The fraction of sp³-hybridized carbons (Fsp3) is 0.261. The molecule has 0 bridgehead atoms. The summed E-state index contributed by atoms with van der Waals surface area (Å²) in [7, 11) is -3.76. The van der Waals surface area contributed by atoms with Gasteiger partial charge < -0.3 is 10.6 Å². The van der Waals surface area contributed by atoms with Gasteiger partial charge in [0.1, 0.15) is 24.6 Å². The molecule has 2 aromatic carbocycles. The molecule has 2 aliphatic rings. The molecule has 34 heavy (non-hydrogen) atoms. The summed E-state index contributed by atoms with van der Waals surface area (Å²) in [6.07, 6.45) is 5.95. The van der Waals surface area contributed by atoms with E-state index in [-0.39, 0.29) is 22.3 Å². The van der Waals surface area contributed by atoms with Crippen molar-refractivity contribution in [2.75, 3.05) is 25.5 Å². The lowest BCUT2D eigenvalue weighted by Crippen LogP contribution is -2.46. The molecule has 11 heteroatoms. The normalized spacial score (nSPS) is 17.1. The third kappa shape index (κ3) is 4.19. The molecule has 0 amide bonds. The third-order valence-corrected chi connectivity index (χ3v) is 8.13. The summed E-state index contributed by atoms with van der Waals surface area (Å²) in [5, 5.41) is 4.01. The van der Waals surface area contributed by atoms with Crippen molar-refractivity contribution in [3.8, 4) is 22.4 Å². The average molecular weight is 482 g/mol. The zero-order valence-electron chi connectivity index (χ0n) is 18.3. The van der Waals surface area contributed by atoms with Crippen LogP contribution >= 0.6 is 0 Å². The van der Waals surface area contributed by atoms with Crippen LogP contribution in [0.3, 0.4) is 0 Å². The molecule has 0 unspecified atom stereocenters. The second kappa shape index (κ2) is 8.99. The summed E-state index contributed by atoms with van der Waals surface area (Å²) in [5.41, 5.74) is 10.00. The maximum absolute atomic E-state index is 15.0. The molecule has 3 heterocycles. The highest BCUT2D eigenvalue weighted by molar-refractivity contribution is 7.89. The van der Waals surface area contributed by atoms with Crippen LogP contribution in [0, 0.1) is 5.82 Å². The molecular formula is C23H24FN7O2S. The molecule has 2 aliphatic heterocycles. The number of piperidine rings is 1. The standard InChI is InChI=1S/C23H24FN7O2S/c24-20-11-16(5-6-19(20)21-12-27-23(25)13-26-21)18-3-1-2-4-22(18)34(32,33)31-9-7-17(8-10-31)30-14-28-29-15-30/h1-6,11-14,17,29H,7-10,15H2,(H2,25,27). The van der Waals surface area contributed by atoms with Gasteiger partial charge in [0.05, 0.1) is 23.0 Å². The minimum atomic E-state index is -3.76. The molecule has 1 fully saturated rings. The second-order valence-corrected chi connectivity index (χ2v) is 10.1. The third-order valence-electron chi connectivity index (χ3n) is 6.18. The number of hydrogen-bond acceptors (Lipinski definition) is 8. The highest BCUT2D eigenvalue weighted by Gasteiger charge is 2.33. The molecule has 9 nitrogen and oxygen atoms in total. The molecule has 0 spiro atoms. The Hall–Kier alpha value is -3.57. The van der Waals surface area contributed by atoms with Crippen molar-refractivity contribution in [3.05, 3.63) is 60.7 Å². The number of rotatable bonds is 5.